The van der Waals surface area contributed by atoms with Gasteiger partial charge in [-0.15, -0.1) is 0 Å². The van der Waals surface area contributed by atoms with E-state index >= 15 is 0 Å². The summed E-state index contributed by atoms with van der Waals surface area (Å²) < 4.78 is 12.1. The third-order valence-electron chi connectivity index (χ3n) is 2.86. The topological polar surface area (TPSA) is 16.1 Å². The summed E-state index contributed by atoms with van der Waals surface area (Å²) in [5.74, 6) is 0. The fraction of sp³-hybridized carbons (Fsp3) is 0.643. The van der Waals surface area contributed by atoms with Crippen LogP contribution in [0.25, 0.3) is 0 Å². The zero-order valence-corrected chi connectivity index (χ0v) is 11.2. The van der Waals surface area contributed by atoms with Crippen LogP contribution in [0.15, 0.2) is 12.3 Å². The highest BCUT2D eigenvalue weighted by Gasteiger charge is 2.16. The van der Waals surface area contributed by atoms with Gasteiger partial charge < -0.3 is 0 Å². The van der Waals surface area contributed by atoms with E-state index in [0.717, 1.165) is 26.1 Å². The third-order valence-corrected chi connectivity index (χ3v) is 2.86. The zero-order chi connectivity index (χ0) is 12.7. The van der Waals surface area contributed by atoms with Crippen molar-refractivity contribution in [2.45, 2.75) is 40.2 Å². The van der Waals surface area contributed by atoms with Crippen LogP contribution < -0.4 is 0 Å². The molecule has 0 aliphatic carbocycles. The molecule has 17 heavy (non-hydrogen) atoms. The highest BCUT2D eigenvalue weighted by atomic mass is 19.1. The predicted octanol–water partition coefficient (Wildman–Crippen LogP) is 3.13. The van der Waals surface area contributed by atoms with Gasteiger partial charge in [0, 0.05) is 37.9 Å². The first kappa shape index (κ1) is 14.1. The highest BCUT2D eigenvalue weighted by molar-refractivity contribution is 5.26. The molecule has 0 aromatic carbocycles. The Bertz CT molecular complexity index is 339. The SMILES string of the molecule is CC.Cc1cnc2c(c1)CN(CCCF)CC2. The molecule has 0 bridgehead atoms. The van der Waals surface area contributed by atoms with Gasteiger partial charge in [-0.1, -0.05) is 19.9 Å². The van der Waals surface area contributed by atoms with Gasteiger partial charge in [-0.3, -0.25) is 14.3 Å². The van der Waals surface area contributed by atoms with E-state index in [1.54, 1.807) is 0 Å². The largest absolute Gasteiger partial charge is 0.299 e. The number of aryl methyl sites for hydroxylation is 1. The van der Waals surface area contributed by atoms with Gasteiger partial charge in [0.25, 0.3) is 0 Å². The molecule has 1 aliphatic heterocycles. The summed E-state index contributed by atoms with van der Waals surface area (Å²) in [4.78, 5) is 6.74. The lowest BCUT2D eigenvalue weighted by atomic mass is 10.0. The van der Waals surface area contributed by atoms with Gasteiger partial charge in [-0.05, 0) is 24.5 Å². The van der Waals surface area contributed by atoms with E-state index in [-0.39, 0.29) is 6.67 Å². The Hall–Kier alpha value is -0.960. The Balaban J connectivity index is 0.000000686. The van der Waals surface area contributed by atoms with Crippen molar-refractivity contribution in [2.75, 3.05) is 19.8 Å². The maximum Gasteiger partial charge on any atom is 0.0906 e. The van der Waals surface area contributed by atoms with Crippen LogP contribution in [0.1, 0.15) is 37.1 Å². The summed E-state index contributed by atoms with van der Waals surface area (Å²) in [7, 11) is 0. The molecule has 0 amide bonds. The molecule has 0 radical (unpaired) electrons. The average Bonchev–Trinajstić information content (AvgIpc) is 2.38. The lowest BCUT2D eigenvalue weighted by molar-refractivity contribution is 0.239. The molecule has 0 unspecified atom stereocenters. The molecular weight excluding hydrogens is 215 g/mol. The van der Waals surface area contributed by atoms with Crippen molar-refractivity contribution < 1.29 is 4.39 Å². The lowest BCUT2D eigenvalue weighted by Crippen LogP contribution is -2.32. The first-order chi connectivity index (χ1) is 8.29. The lowest BCUT2D eigenvalue weighted by Gasteiger charge is -2.27. The number of rotatable bonds is 3. The van der Waals surface area contributed by atoms with Crippen molar-refractivity contribution in [1.29, 1.82) is 0 Å². The van der Waals surface area contributed by atoms with Crippen LogP contribution in [-0.4, -0.2) is 29.6 Å². The van der Waals surface area contributed by atoms with E-state index in [1.807, 2.05) is 20.0 Å². The maximum atomic E-state index is 12.1. The van der Waals surface area contributed by atoms with Gasteiger partial charge in [0.1, 0.15) is 0 Å². The smallest absolute Gasteiger partial charge is 0.0906 e. The monoisotopic (exact) mass is 238 g/mol. The minimum Gasteiger partial charge on any atom is -0.299 e. The molecule has 0 spiro atoms. The van der Waals surface area contributed by atoms with Crippen LogP contribution in [-0.2, 0) is 13.0 Å². The fourth-order valence-electron chi connectivity index (χ4n) is 2.08. The van der Waals surface area contributed by atoms with Gasteiger partial charge in [0.2, 0.25) is 0 Å². The summed E-state index contributed by atoms with van der Waals surface area (Å²) in [6.45, 7) is 8.67. The van der Waals surface area contributed by atoms with E-state index in [9.17, 15) is 4.39 Å². The van der Waals surface area contributed by atoms with Crippen LogP contribution in [0.3, 0.4) is 0 Å². The van der Waals surface area contributed by atoms with Crippen LogP contribution >= 0.6 is 0 Å². The second kappa shape index (κ2) is 7.38. The Kier molecular flexibility index (Phi) is 6.12. The Morgan fingerprint density at radius 3 is 2.88 bits per heavy atom. The fourth-order valence-corrected chi connectivity index (χ4v) is 2.08. The van der Waals surface area contributed by atoms with Crippen LogP contribution in [0, 0.1) is 6.92 Å². The Labute approximate surface area is 104 Å². The molecule has 96 valence electrons. The van der Waals surface area contributed by atoms with Crippen molar-refractivity contribution >= 4 is 0 Å². The van der Waals surface area contributed by atoms with Crippen LogP contribution in [0.4, 0.5) is 4.39 Å². The summed E-state index contributed by atoms with van der Waals surface area (Å²) in [5.41, 5.74) is 3.75. The van der Waals surface area contributed by atoms with Gasteiger partial charge >= 0.3 is 0 Å². The van der Waals surface area contributed by atoms with E-state index in [4.69, 9.17) is 0 Å². The zero-order valence-electron chi connectivity index (χ0n) is 11.2. The molecule has 0 saturated carbocycles. The van der Waals surface area contributed by atoms with E-state index < -0.39 is 0 Å². The number of pyridine rings is 1. The normalized spacial score (nSPS) is 14.8. The Morgan fingerprint density at radius 1 is 1.41 bits per heavy atom. The maximum absolute atomic E-state index is 12.1. The number of alkyl halides is 1. The number of hydrogen-bond acceptors (Lipinski definition) is 2. The number of fused-ring (bicyclic) bond motifs is 1. The predicted molar refractivity (Wildman–Crippen MR) is 69.9 cm³/mol. The second-order valence-corrected chi connectivity index (χ2v) is 4.19. The standard InChI is InChI=1S/C12H17FN2.C2H6/c1-10-7-11-9-15(5-2-4-13)6-3-12(11)14-8-10;1-2/h7-8H,2-6,9H2,1H3;1-2H3. The molecule has 0 N–H and O–H groups in total. The quantitative estimate of drug-likeness (QED) is 0.804. The highest BCUT2D eigenvalue weighted by Crippen LogP contribution is 2.17. The van der Waals surface area contributed by atoms with Gasteiger partial charge in [-0.2, -0.15) is 0 Å². The van der Waals surface area contributed by atoms with Crippen molar-refractivity contribution in [2.24, 2.45) is 0 Å². The Morgan fingerprint density at radius 2 is 2.18 bits per heavy atom. The average molecular weight is 238 g/mol. The number of nitrogens with zero attached hydrogens (tertiary/aromatic N) is 2. The first-order valence-electron chi connectivity index (χ1n) is 6.52. The van der Waals surface area contributed by atoms with Crippen molar-refractivity contribution in [3.8, 4) is 0 Å². The minimum absolute atomic E-state index is 0.213. The number of hydrogen-bond donors (Lipinski definition) is 0. The second-order valence-electron chi connectivity index (χ2n) is 4.19. The molecule has 2 heterocycles. The number of aromatic nitrogens is 1. The molecule has 1 aromatic rings. The molecule has 2 rings (SSSR count). The van der Waals surface area contributed by atoms with E-state index in [0.29, 0.717) is 6.42 Å². The molecular formula is C14H23FN2. The molecule has 3 heteroatoms. The molecule has 1 aliphatic rings. The van der Waals surface area contributed by atoms with E-state index in [1.165, 1.54) is 16.8 Å². The summed E-state index contributed by atoms with van der Waals surface area (Å²) in [5, 5.41) is 0. The first-order valence-corrected chi connectivity index (χ1v) is 6.52. The van der Waals surface area contributed by atoms with Crippen LogP contribution in [0.5, 0.6) is 0 Å². The summed E-state index contributed by atoms with van der Waals surface area (Å²) >= 11 is 0. The summed E-state index contributed by atoms with van der Waals surface area (Å²) in [6.07, 6.45) is 3.58. The molecule has 1 aromatic heterocycles. The van der Waals surface area contributed by atoms with Crippen LogP contribution in [0.2, 0.25) is 0 Å². The number of halogens is 1. The van der Waals surface area contributed by atoms with Gasteiger partial charge in [0.05, 0.1) is 6.67 Å². The van der Waals surface area contributed by atoms with Crippen molar-refractivity contribution in [3.63, 3.8) is 0 Å². The summed E-state index contributed by atoms with van der Waals surface area (Å²) in [6, 6.07) is 2.20. The molecule has 2 nitrogen and oxygen atoms in total. The van der Waals surface area contributed by atoms with Crippen molar-refractivity contribution in [1.82, 2.24) is 9.88 Å². The van der Waals surface area contributed by atoms with Gasteiger partial charge in [-0.25, -0.2) is 0 Å². The molecule has 0 saturated heterocycles. The van der Waals surface area contributed by atoms with Gasteiger partial charge in [0.15, 0.2) is 0 Å². The third kappa shape index (κ3) is 4.08. The minimum atomic E-state index is -0.213. The van der Waals surface area contributed by atoms with Crippen molar-refractivity contribution in [3.05, 3.63) is 29.1 Å². The molecule has 0 fully saturated rings. The molecule has 0 atom stereocenters. The van der Waals surface area contributed by atoms with E-state index in [2.05, 4.69) is 22.9 Å².